The summed E-state index contributed by atoms with van der Waals surface area (Å²) in [6.07, 6.45) is 0. The molecule has 75 heavy (non-hydrogen) atoms. The van der Waals surface area contributed by atoms with Crippen LogP contribution in [-0.4, -0.2) is 11.4 Å². The summed E-state index contributed by atoms with van der Waals surface area (Å²) in [5, 5.41) is 2.74. The van der Waals surface area contributed by atoms with E-state index >= 15 is 0 Å². The Morgan fingerprint density at radius 2 is 0.933 bits per heavy atom. The van der Waals surface area contributed by atoms with Gasteiger partial charge in [0, 0.05) is 55.9 Å². The Morgan fingerprint density at radius 3 is 1.49 bits per heavy atom. The van der Waals surface area contributed by atoms with Gasteiger partial charge in [-0.1, -0.05) is 203 Å². The normalized spacial score (nSPS) is 14.8. The first kappa shape index (κ1) is 49.1. The van der Waals surface area contributed by atoms with E-state index in [1.807, 2.05) is 0 Å². The van der Waals surface area contributed by atoms with Crippen LogP contribution in [0.25, 0.3) is 49.7 Å². The van der Waals surface area contributed by atoms with E-state index in [4.69, 9.17) is 0 Å². The number of aromatic nitrogens is 1. The van der Waals surface area contributed by atoms with Gasteiger partial charge in [-0.3, -0.25) is 0 Å². The highest BCUT2D eigenvalue weighted by molar-refractivity contribution is 6.94. The molecule has 0 fully saturated rings. The average Bonchev–Trinajstić information content (AvgIpc) is 4.08. The minimum atomic E-state index is -0.265. The minimum Gasteiger partial charge on any atom is -0.376 e. The molecule has 2 aliphatic heterocycles. The number of hydrogen-bond donors (Lipinski definition) is 0. The Balaban J connectivity index is 1.25. The minimum absolute atomic E-state index is 0.00247. The lowest BCUT2D eigenvalue weighted by molar-refractivity contribution is 0.590. The molecule has 3 nitrogen and oxygen atoms in total. The molecule has 0 amide bonds. The molecule has 9 aromatic rings. The maximum absolute atomic E-state index is 2.74. The van der Waals surface area contributed by atoms with E-state index in [2.05, 4.69) is 284 Å². The van der Waals surface area contributed by atoms with E-state index in [1.165, 1.54) is 111 Å². The number of benzene rings is 8. The third-order valence-corrected chi connectivity index (χ3v) is 17.3. The molecule has 0 radical (unpaired) electrons. The van der Waals surface area contributed by atoms with Crippen LogP contribution in [0.2, 0.25) is 0 Å². The predicted molar refractivity (Wildman–Crippen MR) is 326 cm³/mol. The van der Waals surface area contributed by atoms with Crippen molar-refractivity contribution in [2.24, 2.45) is 0 Å². The molecule has 0 atom stereocenters. The molecule has 0 saturated carbocycles. The van der Waals surface area contributed by atoms with Crippen molar-refractivity contribution in [3.63, 3.8) is 0 Å². The summed E-state index contributed by atoms with van der Waals surface area (Å²) in [5.41, 5.74) is 27.0. The van der Waals surface area contributed by atoms with Crippen LogP contribution in [0.4, 0.5) is 28.4 Å². The summed E-state index contributed by atoms with van der Waals surface area (Å²) in [7, 11) is 0. The Kier molecular flexibility index (Phi) is 10.6. The second-order valence-electron chi connectivity index (χ2n) is 28.0. The third kappa shape index (κ3) is 7.50. The van der Waals surface area contributed by atoms with Crippen LogP contribution < -0.4 is 20.6 Å². The zero-order valence-corrected chi connectivity index (χ0v) is 47.9. The molecule has 8 aromatic carbocycles. The van der Waals surface area contributed by atoms with Gasteiger partial charge in [0.25, 0.3) is 0 Å². The van der Waals surface area contributed by atoms with Crippen molar-refractivity contribution < 1.29 is 0 Å². The van der Waals surface area contributed by atoms with Gasteiger partial charge in [0.2, 0.25) is 0 Å². The van der Waals surface area contributed by atoms with Gasteiger partial charge in [0.15, 0.2) is 0 Å². The van der Waals surface area contributed by atoms with E-state index in [-0.39, 0.29) is 39.3 Å². The fourth-order valence-corrected chi connectivity index (χ4v) is 13.0. The maximum atomic E-state index is 2.74. The van der Waals surface area contributed by atoms with Crippen molar-refractivity contribution in [1.29, 1.82) is 0 Å². The highest BCUT2D eigenvalue weighted by Gasteiger charge is 2.50. The van der Waals surface area contributed by atoms with Gasteiger partial charge in [-0.05, 0) is 160 Å². The second kappa shape index (κ2) is 16.1. The monoisotopic (exact) mass is 982 g/mol. The molecule has 378 valence electrons. The largest absolute Gasteiger partial charge is 0.376 e. The highest BCUT2D eigenvalue weighted by atomic mass is 15.2. The van der Waals surface area contributed by atoms with Crippen LogP contribution in [0.3, 0.4) is 0 Å². The number of fused-ring (bicyclic) bond motifs is 13. The molecule has 0 saturated heterocycles. The standard InChI is InChI=1S/C71H76BN3/c1-66(2,3)43-22-30-48(31-23-43)73(49-32-24-44(25-33-49)67(4,5)6)51-36-37-53-59(42-51)75(50-34-26-45(27-35-50)68(7,8)9)72-56-41-47(70(13,14)15)29-39-58(56)74-57-38-28-46(69(10,11)12)40-54(57)62-63-60(61(53)64(72)65(62)74)52-20-18-19-21-55(52)71(63,16)17/h18-42H,1-17H3. The first-order valence-electron chi connectivity index (χ1n) is 27.6. The summed E-state index contributed by atoms with van der Waals surface area (Å²) in [4.78, 5) is 5.22. The van der Waals surface area contributed by atoms with Crippen molar-refractivity contribution in [1.82, 2.24) is 4.57 Å². The predicted octanol–water partition coefficient (Wildman–Crippen LogP) is 18.3. The summed E-state index contributed by atoms with van der Waals surface area (Å²) >= 11 is 0. The molecule has 0 N–H and O–H groups in total. The van der Waals surface area contributed by atoms with Crippen LogP contribution in [0, 0.1) is 0 Å². The fraction of sp³-hybridized carbons (Fsp3) is 0.324. The summed E-state index contributed by atoms with van der Waals surface area (Å²) in [6.45, 7) is 39.8. The molecule has 4 heteroatoms. The molecule has 3 aliphatic rings. The third-order valence-electron chi connectivity index (χ3n) is 17.3. The molecule has 3 heterocycles. The van der Waals surface area contributed by atoms with Crippen LogP contribution >= 0.6 is 0 Å². The molecule has 1 aliphatic carbocycles. The van der Waals surface area contributed by atoms with E-state index in [0.717, 1.165) is 17.1 Å². The topological polar surface area (TPSA) is 11.4 Å². The van der Waals surface area contributed by atoms with E-state index in [0.29, 0.717) is 0 Å². The van der Waals surface area contributed by atoms with Crippen molar-refractivity contribution in [3.05, 3.63) is 191 Å². The lowest BCUT2D eigenvalue weighted by atomic mass is 9.43. The first-order valence-corrected chi connectivity index (χ1v) is 27.6. The lowest BCUT2D eigenvalue weighted by Gasteiger charge is -2.44. The van der Waals surface area contributed by atoms with Crippen molar-refractivity contribution in [2.75, 3.05) is 9.71 Å². The Hall–Kier alpha value is -6.78. The Bertz CT molecular complexity index is 3730. The van der Waals surface area contributed by atoms with Crippen LogP contribution in [0.15, 0.2) is 152 Å². The van der Waals surface area contributed by atoms with Gasteiger partial charge in [-0.25, -0.2) is 0 Å². The molecular weight excluding hydrogens is 906 g/mol. The fourth-order valence-electron chi connectivity index (χ4n) is 13.0. The van der Waals surface area contributed by atoms with Crippen molar-refractivity contribution in [2.45, 2.75) is 150 Å². The Labute approximate surface area is 448 Å². The van der Waals surface area contributed by atoms with Gasteiger partial charge >= 0.3 is 6.85 Å². The average molecular weight is 982 g/mol. The number of rotatable bonds is 4. The van der Waals surface area contributed by atoms with Crippen LogP contribution in [0.1, 0.15) is 157 Å². The Morgan fingerprint density at radius 1 is 0.440 bits per heavy atom. The molecular formula is C71H76BN3. The first-order chi connectivity index (χ1) is 35.1. The van der Waals surface area contributed by atoms with E-state index in [1.54, 1.807) is 0 Å². The zero-order chi connectivity index (χ0) is 53.3. The van der Waals surface area contributed by atoms with Gasteiger partial charge in [-0.2, -0.15) is 0 Å². The number of anilines is 5. The van der Waals surface area contributed by atoms with Gasteiger partial charge in [0.1, 0.15) is 0 Å². The summed E-state index contributed by atoms with van der Waals surface area (Å²) in [5.74, 6) is 0. The van der Waals surface area contributed by atoms with Crippen LogP contribution in [-0.2, 0) is 32.5 Å². The van der Waals surface area contributed by atoms with E-state index in [9.17, 15) is 0 Å². The molecule has 0 bridgehead atoms. The van der Waals surface area contributed by atoms with Gasteiger partial charge in [0.05, 0.1) is 11.0 Å². The molecule has 12 rings (SSSR count). The quantitative estimate of drug-likeness (QED) is 0.163. The number of hydrogen-bond acceptors (Lipinski definition) is 2. The molecule has 0 spiro atoms. The number of nitrogens with zero attached hydrogens (tertiary/aromatic N) is 3. The highest BCUT2D eigenvalue weighted by Crippen LogP contribution is 2.59. The smallest absolute Gasteiger partial charge is 0.333 e. The molecule has 1 aromatic heterocycles. The summed E-state index contributed by atoms with van der Waals surface area (Å²) in [6, 6.07) is 59.8. The molecule has 0 unspecified atom stereocenters. The maximum Gasteiger partial charge on any atom is 0.333 e. The van der Waals surface area contributed by atoms with E-state index < -0.39 is 0 Å². The SMILES string of the molecule is CC(C)(C)c1ccc(N2B3c4cc(C(C)(C)C)ccc4-n4c5ccc(C(C)(C)C)cc5c5c6c(c(c3c54)-c3ccc(N(c4ccc(C(C)(C)C)cc4)c4ccc(C(C)(C)C)cc4)cc32)-c2ccccc2C6(C)C)cc1. The van der Waals surface area contributed by atoms with Crippen molar-refractivity contribution >= 4 is 68.0 Å². The van der Waals surface area contributed by atoms with Crippen molar-refractivity contribution in [3.8, 4) is 27.9 Å². The zero-order valence-electron chi connectivity index (χ0n) is 47.9. The van der Waals surface area contributed by atoms with Gasteiger partial charge in [-0.15, -0.1) is 0 Å². The lowest BCUT2D eigenvalue weighted by Crippen LogP contribution is -2.61. The van der Waals surface area contributed by atoms with Crippen LogP contribution in [0.5, 0.6) is 0 Å². The summed E-state index contributed by atoms with van der Waals surface area (Å²) < 4.78 is 2.68. The second-order valence-corrected chi connectivity index (χ2v) is 28.0. The van der Waals surface area contributed by atoms with Gasteiger partial charge < -0.3 is 14.3 Å².